The van der Waals surface area contributed by atoms with Crippen LogP contribution in [0.2, 0.25) is 0 Å². The second-order valence-electron chi connectivity index (χ2n) is 5.60. The molecule has 0 aliphatic rings. The Balaban J connectivity index is 5.38. The molecule has 0 saturated heterocycles. The maximum Gasteiger partial charge on any atom is 0.460 e. The first-order valence-electron chi connectivity index (χ1n) is 7.04. The van der Waals surface area contributed by atoms with Gasteiger partial charge < -0.3 is 9.79 Å². The predicted octanol–water partition coefficient (Wildman–Crippen LogP) is 5.42. The first kappa shape index (κ1) is 28.6. The average Bonchev–Trinajstić information content (AvgIpc) is 2.47. The van der Waals surface area contributed by atoms with Crippen molar-refractivity contribution in [1.82, 2.24) is 0 Å². The summed E-state index contributed by atoms with van der Waals surface area (Å²) in [6.45, 7) is 0. The van der Waals surface area contributed by atoms with Gasteiger partial charge in [0.15, 0.2) is 0 Å². The number of hydrogen-bond donors (Lipinski definition) is 2. The second kappa shape index (κ2) is 8.61. The van der Waals surface area contributed by atoms with Crippen molar-refractivity contribution >= 4 is 19.4 Å². The SMILES string of the molecule is O=P(O)(O)CCCSCCC(F)(F)C(F)(F)C(F)(F)C(F)(F)C(F)(F)C(F)(F)F. The number of alkyl halides is 13. The predicted molar refractivity (Wildman–Crippen MR) is 74.3 cm³/mol. The summed E-state index contributed by atoms with van der Waals surface area (Å²) in [6.07, 6.45) is -10.9. The number of hydrogen-bond acceptors (Lipinski definition) is 2. The molecular formula is C11H12F13O3PS. The van der Waals surface area contributed by atoms with Gasteiger partial charge in [-0.2, -0.15) is 68.8 Å². The van der Waals surface area contributed by atoms with Gasteiger partial charge in [-0.25, -0.2) is 0 Å². The molecule has 176 valence electrons. The minimum Gasteiger partial charge on any atom is -0.324 e. The number of thioether (sulfide) groups is 1. The van der Waals surface area contributed by atoms with Gasteiger partial charge in [0, 0.05) is 6.42 Å². The Hall–Kier alpha value is -0.410. The van der Waals surface area contributed by atoms with E-state index in [0.717, 1.165) is 0 Å². The average molecular weight is 502 g/mol. The third-order valence-corrected chi connectivity index (χ3v) is 5.27. The van der Waals surface area contributed by atoms with Crippen LogP contribution < -0.4 is 0 Å². The Morgan fingerprint density at radius 3 is 1.45 bits per heavy atom. The molecule has 0 aliphatic heterocycles. The van der Waals surface area contributed by atoms with E-state index >= 15 is 0 Å². The minimum absolute atomic E-state index is 0.248. The third kappa shape index (κ3) is 5.85. The normalized spacial score (nSPS) is 15.7. The first-order valence-corrected chi connectivity index (χ1v) is 9.99. The molecule has 0 aromatic heterocycles. The van der Waals surface area contributed by atoms with Crippen LogP contribution in [-0.4, -0.2) is 63.2 Å². The standard InChI is InChI=1S/C11H12F13O3PS/c12-6(13,2-5-29-4-1-3-28(25,26)27)7(14,15)8(16,17)9(18,19)10(20,21)11(22,23)24/h1-5H2,(H2,25,26,27). The molecule has 0 atom stereocenters. The van der Waals surface area contributed by atoms with Gasteiger partial charge in [-0.15, -0.1) is 0 Å². The Kier molecular flexibility index (Phi) is 8.49. The van der Waals surface area contributed by atoms with Gasteiger partial charge >= 0.3 is 43.4 Å². The summed E-state index contributed by atoms with van der Waals surface area (Å²) < 4.78 is 177. The molecule has 0 aliphatic carbocycles. The van der Waals surface area contributed by atoms with Crippen LogP contribution in [0.25, 0.3) is 0 Å². The van der Waals surface area contributed by atoms with E-state index in [1.165, 1.54) is 0 Å². The molecule has 0 aromatic rings. The lowest BCUT2D eigenvalue weighted by Gasteiger charge is -2.39. The molecule has 0 aromatic carbocycles. The molecule has 0 unspecified atom stereocenters. The van der Waals surface area contributed by atoms with Gasteiger partial charge in [-0.3, -0.25) is 4.57 Å². The monoisotopic (exact) mass is 502 g/mol. The molecule has 0 bridgehead atoms. The van der Waals surface area contributed by atoms with E-state index in [2.05, 4.69) is 0 Å². The summed E-state index contributed by atoms with van der Waals surface area (Å²) >= 11 is 0.248. The van der Waals surface area contributed by atoms with E-state index in [1.807, 2.05) is 0 Å². The Labute approximate surface area is 158 Å². The van der Waals surface area contributed by atoms with Crippen LogP contribution in [0.1, 0.15) is 12.8 Å². The zero-order valence-corrected chi connectivity index (χ0v) is 15.3. The largest absolute Gasteiger partial charge is 0.460 e. The van der Waals surface area contributed by atoms with Crippen LogP contribution in [-0.2, 0) is 4.57 Å². The lowest BCUT2D eigenvalue weighted by molar-refractivity contribution is -0.439. The van der Waals surface area contributed by atoms with E-state index in [4.69, 9.17) is 9.79 Å². The summed E-state index contributed by atoms with van der Waals surface area (Å²) in [7, 11) is -4.47. The van der Waals surface area contributed by atoms with Gasteiger partial charge in [-0.05, 0) is 17.9 Å². The van der Waals surface area contributed by atoms with E-state index in [1.54, 1.807) is 0 Å². The molecule has 2 N–H and O–H groups in total. The van der Waals surface area contributed by atoms with Crippen molar-refractivity contribution in [3.8, 4) is 0 Å². The molecule has 0 heterocycles. The van der Waals surface area contributed by atoms with Crippen LogP contribution in [0.3, 0.4) is 0 Å². The van der Waals surface area contributed by atoms with Crippen molar-refractivity contribution in [3.63, 3.8) is 0 Å². The van der Waals surface area contributed by atoms with Crippen LogP contribution >= 0.6 is 19.4 Å². The van der Waals surface area contributed by atoms with Crippen molar-refractivity contribution < 1.29 is 71.4 Å². The molecule has 0 saturated carbocycles. The number of rotatable bonds is 11. The van der Waals surface area contributed by atoms with E-state index in [9.17, 15) is 61.6 Å². The highest BCUT2D eigenvalue weighted by Gasteiger charge is 2.90. The third-order valence-electron chi connectivity index (χ3n) is 3.30. The quantitative estimate of drug-likeness (QED) is 0.225. The van der Waals surface area contributed by atoms with E-state index in [0.29, 0.717) is 0 Å². The molecule has 0 spiro atoms. The molecule has 0 amide bonds. The lowest BCUT2D eigenvalue weighted by Crippen LogP contribution is -2.70. The lowest BCUT2D eigenvalue weighted by atomic mass is 9.93. The maximum atomic E-state index is 13.4. The highest BCUT2D eigenvalue weighted by molar-refractivity contribution is 7.99. The second-order valence-corrected chi connectivity index (χ2v) is 8.61. The molecule has 0 radical (unpaired) electrons. The molecule has 0 rings (SSSR count). The summed E-state index contributed by atoms with van der Waals surface area (Å²) in [4.78, 5) is 17.0. The van der Waals surface area contributed by atoms with Crippen LogP contribution in [0.15, 0.2) is 0 Å². The van der Waals surface area contributed by atoms with Gasteiger partial charge in [0.25, 0.3) is 0 Å². The van der Waals surface area contributed by atoms with Gasteiger partial charge in [0.05, 0.1) is 6.16 Å². The summed E-state index contributed by atoms with van der Waals surface area (Å²) in [5.41, 5.74) is 0. The van der Waals surface area contributed by atoms with E-state index < -0.39 is 61.7 Å². The van der Waals surface area contributed by atoms with Crippen LogP contribution in [0.5, 0.6) is 0 Å². The maximum absolute atomic E-state index is 13.4. The Morgan fingerprint density at radius 1 is 0.655 bits per heavy atom. The molecule has 3 nitrogen and oxygen atoms in total. The highest BCUT2D eigenvalue weighted by Crippen LogP contribution is 2.60. The molecular weight excluding hydrogens is 490 g/mol. The van der Waals surface area contributed by atoms with Gasteiger partial charge in [-0.1, -0.05) is 0 Å². The van der Waals surface area contributed by atoms with Crippen LogP contribution in [0.4, 0.5) is 57.1 Å². The van der Waals surface area contributed by atoms with Crippen molar-refractivity contribution in [3.05, 3.63) is 0 Å². The first-order chi connectivity index (χ1) is 12.5. The molecule has 29 heavy (non-hydrogen) atoms. The Bertz CT molecular complexity index is 601. The van der Waals surface area contributed by atoms with Crippen molar-refractivity contribution in [2.24, 2.45) is 0 Å². The topological polar surface area (TPSA) is 57.5 Å². The van der Waals surface area contributed by atoms with E-state index in [-0.39, 0.29) is 23.9 Å². The van der Waals surface area contributed by atoms with Gasteiger partial charge in [0.2, 0.25) is 0 Å². The summed E-state index contributed by atoms with van der Waals surface area (Å²) in [5, 5.41) is 0. The minimum atomic E-state index is -7.91. The van der Waals surface area contributed by atoms with Crippen molar-refractivity contribution in [1.29, 1.82) is 0 Å². The molecule has 0 fully saturated rings. The van der Waals surface area contributed by atoms with Gasteiger partial charge in [0.1, 0.15) is 0 Å². The fourth-order valence-corrected chi connectivity index (χ4v) is 3.37. The fourth-order valence-electron chi connectivity index (χ4n) is 1.63. The Morgan fingerprint density at radius 2 is 1.07 bits per heavy atom. The van der Waals surface area contributed by atoms with Crippen molar-refractivity contribution in [2.75, 3.05) is 17.7 Å². The molecule has 18 heteroatoms. The van der Waals surface area contributed by atoms with Crippen molar-refractivity contribution in [2.45, 2.75) is 48.6 Å². The zero-order chi connectivity index (χ0) is 23.7. The zero-order valence-electron chi connectivity index (χ0n) is 13.6. The van der Waals surface area contributed by atoms with Crippen LogP contribution in [0, 0.1) is 0 Å². The smallest absolute Gasteiger partial charge is 0.324 e. The summed E-state index contributed by atoms with van der Waals surface area (Å²) in [5.74, 6) is -38.5. The fraction of sp³-hybridized carbons (Fsp3) is 1.00. The summed E-state index contributed by atoms with van der Waals surface area (Å²) in [6, 6.07) is 0. The number of halogens is 13. The highest BCUT2D eigenvalue weighted by atomic mass is 32.2.